The molecule has 0 aliphatic rings. The molecule has 1 aromatic carbocycles. The number of aromatic nitrogens is 2. The predicted octanol–water partition coefficient (Wildman–Crippen LogP) is 1.73. The van der Waals surface area contributed by atoms with Gasteiger partial charge in [-0.1, -0.05) is 29.8 Å². The summed E-state index contributed by atoms with van der Waals surface area (Å²) in [6, 6.07) is 7.73. The van der Waals surface area contributed by atoms with Gasteiger partial charge in [-0.2, -0.15) is 5.10 Å². The van der Waals surface area contributed by atoms with Crippen LogP contribution in [-0.2, 0) is 18.4 Å². The van der Waals surface area contributed by atoms with Crippen LogP contribution in [0, 0.1) is 6.92 Å². The SMILES string of the molecule is CNC(C(=O)NCc1cccc(C)c1)c1cnn(C)c1.Cl. The van der Waals surface area contributed by atoms with E-state index in [1.54, 1.807) is 17.9 Å². The monoisotopic (exact) mass is 308 g/mol. The largest absolute Gasteiger partial charge is 0.350 e. The quantitative estimate of drug-likeness (QED) is 0.884. The number of aryl methyl sites for hydroxylation is 2. The highest BCUT2D eigenvalue weighted by Gasteiger charge is 2.19. The molecular formula is C15H21ClN4O. The highest BCUT2D eigenvalue weighted by Crippen LogP contribution is 2.11. The molecule has 1 atom stereocenters. The van der Waals surface area contributed by atoms with E-state index in [1.807, 2.05) is 38.4 Å². The summed E-state index contributed by atoms with van der Waals surface area (Å²) in [4.78, 5) is 12.2. The van der Waals surface area contributed by atoms with Crippen molar-refractivity contribution in [3.63, 3.8) is 0 Å². The molecule has 5 nitrogen and oxygen atoms in total. The molecule has 0 saturated heterocycles. The van der Waals surface area contributed by atoms with Crippen molar-refractivity contribution in [3.05, 3.63) is 53.3 Å². The highest BCUT2D eigenvalue weighted by molar-refractivity contribution is 5.85. The molecule has 0 spiro atoms. The molecule has 0 aliphatic carbocycles. The Kier molecular flexibility index (Phi) is 6.39. The average Bonchev–Trinajstić information content (AvgIpc) is 2.84. The second-order valence-electron chi connectivity index (χ2n) is 4.88. The minimum absolute atomic E-state index is 0. The molecule has 1 unspecified atom stereocenters. The van der Waals surface area contributed by atoms with Gasteiger partial charge in [0.05, 0.1) is 6.20 Å². The first-order chi connectivity index (χ1) is 9.60. The van der Waals surface area contributed by atoms with E-state index >= 15 is 0 Å². The van der Waals surface area contributed by atoms with Crippen LogP contribution in [0.4, 0.5) is 0 Å². The van der Waals surface area contributed by atoms with Gasteiger partial charge in [0.1, 0.15) is 6.04 Å². The van der Waals surface area contributed by atoms with Crippen LogP contribution < -0.4 is 10.6 Å². The van der Waals surface area contributed by atoms with E-state index < -0.39 is 0 Å². The molecule has 1 aromatic heterocycles. The molecule has 1 heterocycles. The fourth-order valence-electron chi connectivity index (χ4n) is 2.15. The molecule has 0 saturated carbocycles. The highest BCUT2D eigenvalue weighted by atomic mass is 35.5. The number of likely N-dealkylation sites (N-methyl/N-ethyl adjacent to an activating group) is 1. The summed E-state index contributed by atoms with van der Waals surface area (Å²) in [7, 11) is 3.60. The molecule has 21 heavy (non-hydrogen) atoms. The van der Waals surface area contributed by atoms with Crippen LogP contribution in [0.2, 0.25) is 0 Å². The normalized spacial score (nSPS) is 11.6. The Hall–Kier alpha value is -1.85. The zero-order chi connectivity index (χ0) is 14.5. The Morgan fingerprint density at radius 1 is 1.43 bits per heavy atom. The molecule has 6 heteroatoms. The van der Waals surface area contributed by atoms with Crippen LogP contribution in [0.1, 0.15) is 22.7 Å². The number of hydrogen-bond acceptors (Lipinski definition) is 3. The number of hydrogen-bond donors (Lipinski definition) is 2. The summed E-state index contributed by atoms with van der Waals surface area (Å²) in [5.41, 5.74) is 3.14. The van der Waals surface area contributed by atoms with Crippen molar-refractivity contribution >= 4 is 18.3 Å². The first-order valence-corrected chi connectivity index (χ1v) is 6.59. The maximum absolute atomic E-state index is 12.2. The van der Waals surface area contributed by atoms with Crippen molar-refractivity contribution in [3.8, 4) is 0 Å². The summed E-state index contributed by atoms with van der Waals surface area (Å²) < 4.78 is 1.69. The van der Waals surface area contributed by atoms with E-state index in [0.717, 1.165) is 11.1 Å². The first kappa shape index (κ1) is 17.2. The van der Waals surface area contributed by atoms with Crippen molar-refractivity contribution in [1.29, 1.82) is 0 Å². The minimum atomic E-state index is -0.381. The number of benzene rings is 1. The zero-order valence-electron chi connectivity index (χ0n) is 12.5. The Balaban J connectivity index is 0.00000220. The molecular weight excluding hydrogens is 288 g/mol. The number of nitrogens with zero attached hydrogens (tertiary/aromatic N) is 2. The molecule has 0 fully saturated rings. The van der Waals surface area contributed by atoms with Crippen LogP contribution in [0.3, 0.4) is 0 Å². The standard InChI is InChI=1S/C15H20N4O.ClH/c1-11-5-4-6-12(7-11)8-17-15(20)14(16-2)13-9-18-19(3)10-13;/h4-7,9-10,14,16H,8H2,1-3H3,(H,17,20);1H. The first-order valence-electron chi connectivity index (χ1n) is 6.59. The van der Waals surface area contributed by atoms with Gasteiger partial charge in [0.15, 0.2) is 0 Å². The molecule has 0 bridgehead atoms. The second-order valence-corrected chi connectivity index (χ2v) is 4.88. The van der Waals surface area contributed by atoms with Gasteiger partial charge in [0.25, 0.3) is 0 Å². The molecule has 0 aliphatic heterocycles. The topological polar surface area (TPSA) is 59.0 Å². The van der Waals surface area contributed by atoms with Gasteiger partial charge >= 0.3 is 0 Å². The molecule has 2 N–H and O–H groups in total. The predicted molar refractivity (Wildman–Crippen MR) is 85.3 cm³/mol. The van der Waals surface area contributed by atoms with Gasteiger partial charge in [-0.3, -0.25) is 9.48 Å². The number of rotatable bonds is 5. The van der Waals surface area contributed by atoms with Crippen LogP contribution in [-0.4, -0.2) is 22.7 Å². The lowest BCUT2D eigenvalue weighted by Crippen LogP contribution is -2.35. The number of nitrogens with one attached hydrogen (secondary N) is 2. The van der Waals surface area contributed by atoms with Crippen molar-refractivity contribution in [2.75, 3.05) is 7.05 Å². The smallest absolute Gasteiger partial charge is 0.242 e. The van der Waals surface area contributed by atoms with Gasteiger partial charge < -0.3 is 10.6 Å². The number of carbonyl (C=O) groups is 1. The Morgan fingerprint density at radius 3 is 2.76 bits per heavy atom. The van der Waals surface area contributed by atoms with E-state index in [-0.39, 0.29) is 24.4 Å². The number of carbonyl (C=O) groups excluding carboxylic acids is 1. The summed E-state index contributed by atoms with van der Waals surface area (Å²) in [5, 5.41) is 10.1. The van der Waals surface area contributed by atoms with Crippen LogP contribution >= 0.6 is 12.4 Å². The van der Waals surface area contributed by atoms with E-state index in [1.165, 1.54) is 5.56 Å². The van der Waals surface area contributed by atoms with Crippen molar-refractivity contribution in [2.45, 2.75) is 19.5 Å². The number of amides is 1. The fraction of sp³-hybridized carbons (Fsp3) is 0.333. The molecule has 2 aromatic rings. The van der Waals surface area contributed by atoms with E-state index in [9.17, 15) is 4.79 Å². The maximum Gasteiger partial charge on any atom is 0.242 e. The Labute approximate surface area is 131 Å². The van der Waals surface area contributed by atoms with Gasteiger partial charge in [0, 0.05) is 25.4 Å². The van der Waals surface area contributed by atoms with Crippen LogP contribution in [0.5, 0.6) is 0 Å². The fourth-order valence-corrected chi connectivity index (χ4v) is 2.15. The van der Waals surface area contributed by atoms with Gasteiger partial charge in [-0.25, -0.2) is 0 Å². The summed E-state index contributed by atoms with van der Waals surface area (Å²) in [6.45, 7) is 2.57. The van der Waals surface area contributed by atoms with Gasteiger partial charge in [-0.05, 0) is 19.5 Å². The lowest BCUT2D eigenvalue weighted by molar-refractivity contribution is -0.123. The lowest BCUT2D eigenvalue weighted by Gasteiger charge is -2.14. The van der Waals surface area contributed by atoms with Crippen LogP contribution in [0.15, 0.2) is 36.7 Å². The van der Waals surface area contributed by atoms with E-state index in [0.29, 0.717) is 6.54 Å². The average molecular weight is 309 g/mol. The Bertz CT molecular complexity index is 597. The van der Waals surface area contributed by atoms with Gasteiger partial charge in [0.2, 0.25) is 5.91 Å². The van der Waals surface area contributed by atoms with E-state index in [4.69, 9.17) is 0 Å². The van der Waals surface area contributed by atoms with E-state index in [2.05, 4.69) is 21.8 Å². The summed E-state index contributed by atoms with van der Waals surface area (Å²) in [6.07, 6.45) is 3.54. The van der Waals surface area contributed by atoms with Crippen molar-refractivity contribution in [2.24, 2.45) is 7.05 Å². The zero-order valence-corrected chi connectivity index (χ0v) is 13.3. The summed E-state index contributed by atoms with van der Waals surface area (Å²) in [5.74, 6) is -0.0537. The van der Waals surface area contributed by atoms with Crippen molar-refractivity contribution in [1.82, 2.24) is 20.4 Å². The maximum atomic E-state index is 12.2. The summed E-state index contributed by atoms with van der Waals surface area (Å²) >= 11 is 0. The third-order valence-corrected chi connectivity index (χ3v) is 3.16. The third-order valence-electron chi connectivity index (χ3n) is 3.16. The number of halogens is 1. The second kappa shape index (κ2) is 7.81. The molecule has 114 valence electrons. The lowest BCUT2D eigenvalue weighted by atomic mass is 10.1. The minimum Gasteiger partial charge on any atom is -0.350 e. The van der Waals surface area contributed by atoms with Gasteiger partial charge in [-0.15, -0.1) is 12.4 Å². The molecule has 2 rings (SSSR count). The van der Waals surface area contributed by atoms with Crippen LogP contribution in [0.25, 0.3) is 0 Å². The molecule has 1 amide bonds. The molecule has 0 radical (unpaired) electrons. The third kappa shape index (κ3) is 4.58. The Morgan fingerprint density at radius 2 is 2.19 bits per heavy atom. The van der Waals surface area contributed by atoms with Crippen molar-refractivity contribution < 1.29 is 4.79 Å².